The zero-order chi connectivity index (χ0) is 22.7. The molecule has 176 valence electrons. The lowest BCUT2D eigenvalue weighted by atomic mass is 9.74. The van der Waals surface area contributed by atoms with Crippen molar-refractivity contribution in [3.63, 3.8) is 0 Å². The van der Waals surface area contributed by atoms with E-state index in [0.717, 1.165) is 43.2 Å². The lowest BCUT2D eigenvalue weighted by molar-refractivity contribution is -0.117. The average Bonchev–Trinajstić information content (AvgIpc) is 3.17. The van der Waals surface area contributed by atoms with Gasteiger partial charge in [0.05, 0.1) is 0 Å². The Balaban J connectivity index is 0.00000306. The minimum Gasteiger partial charge on any atom is -0.361 e. The van der Waals surface area contributed by atoms with E-state index in [0.29, 0.717) is 0 Å². The van der Waals surface area contributed by atoms with Crippen LogP contribution in [-0.4, -0.2) is 35.9 Å². The second kappa shape index (κ2) is 10.5. The molecule has 0 bridgehead atoms. The molecule has 0 saturated heterocycles. The van der Waals surface area contributed by atoms with Gasteiger partial charge in [-0.3, -0.25) is 9.69 Å². The van der Waals surface area contributed by atoms with E-state index in [4.69, 9.17) is 0 Å². The predicted molar refractivity (Wildman–Crippen MR) is 135 cm³/mol. The number of hydrogen-bond donors (Lipinski definition) is 2. The molecule has 4 rings (SSSR count). The predicted octanol–water partition coefficient (Wildman–Crippen LogP) is 5.73. The van der Waals surface area contributed by atoms with Crippen LogP contribution < -0.4 is 5.32 Å². The number of benzene rings is 2. The van der Waals surface area contributed by atoms with Crippen molar-refractivity contribution in [3.05, 3.63) is 83.3 Å². The van der Waals surface area contributed by atoms with E-state index in [9.17, 15) is 9.18 Å². The van der Waals surface area contributed by atoms with Crippen LogP contribution in [0.1, 0.15) is 43.7 Å². The van der Waals surface area contributed by atoms with Crippen LogP contribution in [0, 0.1) is 5.82 Å². The van der Waals surface area contributed by atoms with Gasteiger partial charge in [-0.1, -0.05) is 35.9 Å². The fraction of sp³-hybridized carbons (Fsp3) is 0.370. The van der Waals surface area contributed by atoms with Gasteiger partial charge in [-0.05, 0) is 82.4 Å². The highest BCUT2D eigenvalue weighted by molar-refractivity contribution is 5.88. The summed E-state index contributed by atoms with van der Waals surface area (Å²) in [5.74, 6) is -0.232. The molecule has 1 amide bonds. The second-order valence-corrected chi connectivity index (χ2v) is 9.21. The Bertz CT molecular complexity index is 1110. The Hall–Kier alpha value is -2.63. The summed E-state index contributed by atoms with van der Waals surface area (Å²) in [7, 11) is 4.16. The third kappa shape index (κ3) is 5.48. The van der Waals surface area contributed by atoms with E-state index >= 15 is 0 Å². The van der Waals surface area contributed by atoms with Crippen LogP contribution in [0.5, 0.6) is 0 Å². The van der Waals surface area contributed by atoms with Crippen LogP contribution in [0.25, 0.3) is 10.9 Å². The van der Waals surface area contributed by atoms with E-state index in [2.05, 4.69) is 41.4 Å². The lowest BCUT2D eigenvalue weighted by Gasteiger charge is -2.44. The highest BCUT2D eigenvalue weighted by atomic mass is 35.5. The number of aromatic amines is 1. The first-order valence-electron chi connectivity index (χ1n) is 11.4. The monoisotopic (exact) mass is 469 g/mol. The van der Waals surface area contributed by atoms with Crippen molar-refractivity contribution < 1.29 is 9.18 Å². The molecule has 1 fully saturated rings. The number of allylic oxidation sites excluding steroid dienone is 1. The van der Waals surface area contributed by atoms with Crippen LogP contribution in [0.4, 0.5) is 4.39 Å². The molecule has 1 saturated carbocycles. The van der Waals surface area contributed by atoms with Gasteiger partial charge in [-0.25, -0.2) is 4.39 Å². The minimum atomic E-state index is -0.211. The van der Waals surface area contributed by atoms with E-state index in [1.54, 1.807) is 6.08 Å². The minimum absolute atomic E-state index is 0. The third-order valence-corrected chi connectivity index (χ3v) is 6.88. The van der Waals surface area contributed by atoms with Crippen molar-refractivity contribution in [3.8, 4) is 0 Å². The molecule has 1 heterocycles. The Kier molecular flexibility index (Phi) is 7.98. The summed E-state index contributed by atoms with van der Waals surface area (Å²) in [5.41, 5.74) is 4.54. The quantitative estimate of drug-likeness (QED) is 0.452. The van der Waals surface area contributed by atoms with Crippen LogP contribution in [0.2, 0.25) is 0 Å². The first-order chi connectivity index (χ1) is 15.4. The fourth-order valence-corrected chi connectivity index (χ4v) is 5.03. The number of nitrogens with zero attached hydrogens (tertiary/aromatic N) is 1. The molecule has 1 aliphatic carbocycles. The molecule has 3 aromatic rings. The highest BCUT2D eigenvalue weighted by Gasteiger charge is 2.37. The number of nitrogens with one attached hydrogen (secondary N) is 2. The molecular formula is C27H33ClFN3O. The van der Waals surface area contributed by atoms with Crippen molar-refractivity contribution in [2.45, 2.75) is 50.6 Å². The number of amides is 1. The summed E-state index contributed by atoms with van der Waals surface area (Å²) in [5, 5.41) is 4.34. The molecule has 0 aliphatic heterocycles. The van der Waals surface area contributed by atoms with Gasteiger partial charge in [0.15, 0.2) is 0 Å². The van der Waals surface area contributed by atoms with Crippen molar-refractivity contribution in [2.24, 2.45) is 0 Å². The molecule has 4 nitrogen and oxygen atoms in total. The van der Waals surface area contributed by atoms with Gasteiger partial charge in [0.1, 0.15) is 5.82 Å². The number of carbonyl (C=O) groups is 1. The standard InChI is InChI=1S/C27H32FN3O.ClH/c1-19(16-21-18-29-25-7-5-4-6-24(21)25)30-26(32)17-20-12-14-27(15-13-20,31(2)3)22-8-10-23(28)11-9-22;/h4-11,17-19,29H,12-16H2,1-3H3,(H,30,32);1H. The van der Waals surface area contributed by atoms with Crippen molar-refractivity contribution >= 4 is 29.2 Å². The van der Waals surface area contributed by atoms with Gasteiger partial charge in [-0.15, -0.1) is 12.4 Å². The summed E-state index contributed by atoms with van der Waals surface area (Å²) in [6.45, 7) is 2.05. The van der Waals surface area contributed by atoms with Gasteiger partial charge in [0.2, 0.25) is 5.91 Å². The van der Waals surface area contributed by atoms with Gasteiger partial charge in [0, 0.05) is 34.8 Å². The molecule has 6 heteroatoms. The Labute approximate surface area is 201 Å². The first kappa shape index (κ1) is 25.0. The van der Waals surface area contributed by atoms with E-state index < -0.39 is 0 Å². The number of hydrogen-bond acceptors (Lipinski definition) is 2. The number of carbonyl (C=O) groups excluding carboxylic acids is 1. The Morgan fingerprint density at radius 1 is 1.15 bits per heavy atom. The molecule has 2 N–H and O–H groups in total. The second-order valence-electron chi connectivity index (χ2n) is 9.21. The maximum absolute atomic E-state index is 13.4. The number of rotatable bonds is 6. The largest absolute Gasteiger partial charge is 0.361 e. The zero-order valence-corrected chi connectivity index (χ0v) is 20.3. The van der Waals surface area contributed by atoms with Crippen molar-refractivity contribution in [1.29, 1.82) is 0 Å². The summed E-state index contributed by atoms with van der Waals surface area (Å²) in [4.78, 5) is 18.2. The lowest BCUT2D eigenvalue weighted by Crippen LogP contribution is -2.43. The van der Waals surface area contributed by atoms with E-state index in [-0.39, 0.29) is 35.7 Å². The normalized spacial score (nSPS) is 19.2. The topological polar surface area (TPSA) is 48.1 Å². The van der Waals surface area contributed by atoms with Crippen LogP contribution in [0.3, 0.4) is 0 Å². The SMILES string of the molecule is CC(Cc1c[nH]c2ccccc12)NC(=O)C=C1CCC(c2ccc(F)cc2)(N(C)C)CC1.Cl. The number of halogens is 2. The smallest absolute Gasteiger partial charge is 0.244 e. The first-order valence-corrected chi connectivity index (χ1v) is 11.4. The van der Waals surface area contributed by atoms with E-state index in [1.807, 2.05) is 37.4 Å². The Morgan fingerprint density at radius 3 is 2.48 bits per heavy atom. The highest BCUT2D eigenvalue weighted by Crippen LogP contribution is 2.42. The average molecular weight is 470 g/mol. The summed E-state index contributed by atoms with van der Waals surface area (Å²) < 4.78 is 13.4. The fourth-order valence-electron chi connectivity index (χ4n) is 5.03. The third-order valence-electron chi connectivity index (χ3n) is 6.88. The summed E-state index contributed by atoms with van der Waals surface area (Å²) in [6.07, 6.45) is 8.15. The summed E-state index contributed by atoms with van der Waals surface area (Å²) in [6, 6.07) is 15.1. The van der Waals surface area contributed by atoms with Gasteiger partial charge in [-0.2, -0.15) is 0 Å². The van der Waals surface area contributed by atoms with Crippen LogP contribution >= 0.6 is 12.4 Å². The molecule has 0 radical (unpaired) electrons. The number of fused-ring (bicyclic) bond motifs is 1. The number of aromatic nitrogens is 1. The zero-order valence-electron chi connectivity index (χ0n) is 19.5. The van der Waals surface area contributed by atoms with Crippen LogP contribution in [0.15, 0.2) is 66.4 Å². The summed E-state index contributed by atoms with van der Waals surface area (Å²) >= 11 is 0. The maximum Gasteiger partial charge on any atom is 0.244 e. The molecule has 33 heavy (non-hydrogen) atoms. The Morgan fingerprint density at radius 2 is 1.82 bits per heavy atom. The molecule has 2 aromatic carbocycles. The van der Waals surface area contributed by atoms with Gasteiger partial charge < -0.3 is 10.3 Å². The molecule has 1 atom stereocenters. The molecule has 0 spiro atoms. The molecule has 1 aliphatic rings. The van der Waals surface area contributed by atoms with Crippen molar-refractivity contribution in [1.82, 2.24) is 15.2 Å². The molecule has 1 unspecified atom stereocenters. The van der Waals surface area contributed by atoms with E-state index in [1.165, 1.54) is 28.7 Å². The number of H-pyrrole nitrogens is 1. The number of para-hydroxylation sites is 1. The van der Waals surface area contributed by atoms with Gasteiger partial charge >= 0.3 is 0 Å². The molecular weight excluding hydrogens is 437 g/mol. The molecule has 1 aromatic heterocycles. The van der Waals surface area contributed by atoms with Crippen LogP contribution in [-0.2, 0) is 16.8 Å². The maximum atomic E-state index is 13.4. The van der Waals surface area contributed by atoms with Gasteiger partial charge in [0.25, 0.3) is 0 Å². The van der Waals surface area contributed by atoms with Crippen molar-refractivity contribution in [2.75, 3.05) is 14.1 Å².